The molecule has 2 rings (SSSR count). The molecule has 0 atom stereocenters. The van der Waals surface area contributed by atoms with Crippen LogP contribution in [0.5, 0.6) is 0 Å². The molecule has 2 aromatic heterocycles. The lowest BCUT2D eigenvalue weighted by Crippen LogP contribution is -2.14. The first kappa shape index (κ1) is 8.89. The van der Waals surface area contributed by atoms with Gasteiger partial charge in [0.2, 0.25) is 5.58 Å². The molecule has 0 aliphatic carbocycles. The maximum absolute atomic E-state index is 5.37. The van der Waals surface area contributed by atoms with Crippen LogP contribution in [0.25, 0.3) is 11.1 Å². The maximum Gasteiger partial charge on any atom is 0.227 e. The molecule has 14 heavy (non-hydrogen) atoms. The molecule has 0 saturated carbocycles. The Bertz CT molecular complexity index is 438. The van der Waals surface area contributed by atoms with E-state index in [1.165, 1.54) is 6.33 Å². The van der Waals surface area contributed by atoms with E-state index in [-0.39, 0.29) is 0 Å². The summed E-state index contributed by atoms with van der Waals surface area (Å²) in [6, 6.07) is 0. The molecule has 74 valence electrons. The highest BCUT2D eigenvalue weighted by molar-refractivity contribution is 5.84. The van der Waals surface area contributed by atoms with Crippen LogP contribution in [0.4, 0.5) is 5.82 Å². The van der Waals surface area contributed by atoms with Crippen LogP contribution in [-0.2, 0) is 0 Å². The van der Waals surface area contributed by atoms with E-state index in [4.69, 9.17) is 10.3 Å². The zero-order valence-electron chi connectivity index (χ0n) is 7.82. The van der Waals surface area contributed by atoms with E-state index in [1.54, 1.807) is 0 Å². The monoisotopic (exact) mass is 193 g/mol. The number of aryl methyl sites for hydroxylation is 1. The summed E-state index contributed by atoms with van der Waals surface area (Å²) in [5, 5.41) is 6.86. The van der Waals surface area contributed by atoms with Crippen molar-refractivity contribution < 1.29 is 4.52 Å². The molecule has 0 fully saturated rings. The minimum absolute atomic E-state index is 0.540. The molecular formula is C8H11N5O. The van der Waals surface area contributed by atoms with E-state index in [2.05, 4.69) is 20.4 Å². The fraction of sp³-hybridized carbons (Fsp3) is 0.375. The summed E-state index contributed by atoms with van der Waals surface area (Å²) in [4.78, 5) is 8.12. The lowest BCUT2D eigenvalue weighted by atomic mass is 10.3. The Hall–Kier alpha value is -1.69. The Morgan fingerprint density at radius 2 is 2.36 bits per heavy atom. The van der Waals surface area contributed by atoms with Crippen LogP contribution < -0.4 is 11.1 Å². The highest BCUT2D eigenvalue weighted by Crippen LogP contribution is 2.20. The van der Waals surface area contributed by atoms with Crippen molar-refractivity contribution in [3.05, 3.63) is 12.0 Å². The van der Waals surface area contributed by atoms with E-state index < -0.39 is 0 Å². The van der Waals surface area contributed by atoms with Gasteiger partial charge < -0.3 is 15.6 Å². The maximum atomic E-state index is 5.37. The predicted molar refractivity (Wildman–Crippen MR) is 51.9 cm³/mol. The van der Waals surface area contributed by atoms with Gasteiger partial charge in [-0.05, 0) is 6.92 Å². The van der Waals surface area contributed by atoms with Crippen molar-refractivity contribution in [2.45, 2.75) is 6.92 Å². The molecule has 0 unspecified atom stereocenters. The lowest BCUT2D eigenvalue weighted by molar-refractivity contribution is 0.450. The Labute approximate surface area is 80.5 Å². The molecule has 3 N–H and O–H groups in total. The smallest absolute Gasteiger partial charge is 0.227 e. The molecule has 0 saturated heterocycles. The third-order valence-electron chi connectivity index (χ3n) is 1.86. The summed E-state index contributed by atoms with van der Waals surface area (Å²) in [7, 11) is 0. The predicted octanol–water partition coefficient (Wildman–Crippen LogP) is 0.297. The average Bonchev–Trinajstić information content (AvgIpc) is 2.58. The second-order valence-electron chi connectivity index (χ2n) is 2.88. The second-order valence-corrected chi connectivity index (χ2v) is 2.88. The average molecular weight is 193 g/mol. The minimum Gasteiger partial charge on any atom is -0.365 e. The highest BCUT2D eigenvalue weighted by atomic mass is 16.5. The Morgan fingerprint density at radius 3 is 3.14 bits per heavy atom. The van der Waals surface area contributed by atoms with Crippen LogP contribution in [0.1, 0.15) is 5.69 Å². The van der Waals surface area contributed by atoms with Gasteiger partial charge in [0.15, 0.2) is 5.82 Å². The zero-order valence-corrected chi connectivity index (χ0v) is 7.82. The summed E-state index contributed by atoms with van der Waals surface area (Å²) in [5.41, 5.74) is 7.45. The van der Waals surface area contributed by atoms with Crippen molar-refractivity contribution in [3.63, 3.8) is 0 Å². The van der Waals surface area contributed by atoms with Gasteiger partial charge in [-0.1, -0.05) is 5.16 Å². The van der Waals surface area contributed by atoms with E-state index in [0.29, 0.717) is 24.5 Å². The number of nitrogens with two attached hydrogens (primary N) is 1. The molecule has 0 aromatic carbocycles. The van der Waals surface area contributed by atoms with Crippen molar-refractivity contribution in [1.82, 2.24) is 15.1 Å². The summed E-state index contributed by atoms with van der Waals surface area (Å²) >= 11 is 0. The van der Waals surface area contributed by atoms with Crippen molar-refractivity contribution in [1.29, 1.82) is 0 Å². The van der Waals surface area contributed by atoms with Crippen LogP contribution in [0, 0.1) is 6.92 Å². The topological polar surface area (TPSA) is 89.9 Å². The molecule has 0 bridgehead atoms. The molecule has 6 nitrogen and oxygen atoms in total. The number of aromatic nitrogens is 3. The van der Waals surface area contributed by atoms with Gasteiger partial charge in [0.05, 0.1) is 0 Å². The van der Waals surface area contributed by atoms with Gasteiger partial charge in [0, 0.05) is 13.1 Å². The summed E-state index contributed by atoms with van der Waals surface area (Å²) in [5.74, 6) is 0.640. The summed E-state index contributed by atoms with van der Waals surface area (Å²) in [6.45, 7) is 3.02. The number of fused-ring (bicyclic) bond motifs is 1. The third kappa shape index (κ3) is 1.39. The molecular weight excluding hydrogens is 182 g/mol. The number of rotatable bonds is 3. The number of hydrogen-bond donors (Lipinski definition) is 2. The summed E-state index contributed by atoms with van der Waals surface area (Å²) < 4.78 is 5.10. The lowest BCUT2D eigenvalue weighted by Gasteiger charge is -2.01. The molecule has 2 aromatic rings. The molecule has 0 aliphatic rings. The van der Waals surface area contributed by atoms with Crippen LogP contribution in [0.2, 0.25) is 0 Å². The third-order valence-corrected chi connectivity index (χ3v) is 1.86. The highest BCUT2D eigenvalue weighted by Gasteiger charge is 2.10. The van der Waals surface area contributed by atoms with Gasteiger partial charge in [0.25, 0.3) is 0 Å². The number of anilines is 1. The Kier molecular flexibility index (Phi) is 2.28. The van der Waals surface area contributed by atoms with E-state index in [9.17, 15) is 0 Å². The number of hydrogen-bond acceptors (Lipinski definition) is 6. The molecule has 0 radical (unpaired) electrons. The van der Waals surface area contributed by atoms with Gasteiger partial charge in [0.1, 0.15) is 17.5 Å². The van der Waals surface area contributed by atoms with Crippen LogP contribution in [0.3, 0.4) is 0 Å². The minimum atomic E-state index is 0.540. The molecule has 0 amide bonds. The molecule has 6 heteroatoms. The van der Waals surface area contributed by atoms with E-state index in [0.717, 1.165) is 11.2 Å². The van der Waals surface area contributed by atoms with Crippen molar-refractivity contribution in [3.8, 4) is 0 Å². The van der Waals surface area contributed by atoms with Gasteiger partial charge >= 0.3 is 0 Å². The first-order chi connectivity index (χ1) is 6.83. The number of nitrogens with zero attached hydrogens (tertiary/aromatic N) is 3. The molecule has 0 spiro atoms. The normalized spacial score (nSPS) is 10.7. The van der Waals surface area contributed by atoms with Crippen LogP contribution in [-0.4, -0.2) is 28.2 Å². The first-order valence-corrected chi connectivity index (χ1v) is 4.34. The van der Waals surface area contributed by atoms with Gasteiger partial charge in [-0.15, -0.1) is 0 Å². The van der Waals surface area contributed by atoms with E-state index >= 15 is 0 Å². The van der Waals surface area contributed by atoms with Crippen LogP contribution >= 0.6 is 0 Å². The second kappa shape index (κ2) is 3.59. The van der Waals surface area contributed by atoms with E-state index in [1.807, 2.05) is 6.92 Å². The van der Waals surface area contributed by atoms with Gasteiger partial charge in [-0.3, -0.25) is 0 Å². The van der Waals surface area contributed by atoms with Crippen molar-refractivity contribution in [2.75, 3.05) is 18.4 Å². The van der Waals surface area contributed by atoms with Crippen molar-refractivity contribution >= 4 is 16.9 Å². The van der Waals surface area contributed by atoms with Gasteiger partial charge in [-0.2, -0.15) is 0 Å². The quantitative estimate of drug-likeness (QED) is 0.728. The Morgan fingerprint density at radius 1 is 1.50 bits per heavy atom. The Balaban J connectivity index is 2.44. The molecule has 2 heterocycles. The van der Waals surface area contributed by atoms with Gasteiger partial charge in [-0.25, -0.2) is 9.97 Å². The fourth-order valence-electron chi connectivity index (χ4n) is 1.19. The van der Waals surface area contributed by atoms with Crippen LogP contribution in [0.15, 0.2) is 10.9 Å². The number of nitrogens with one attached hydrogen (secondary N) is 1. The SMILES string of the molecule is Cc1noc2c(NCCN)ncnc12. The standard InChI is InChI=1S/C8H11N5O/c1-5-6-7(14-13-5)8(10-3-2-9)12-4-11-6/h4H,2-3,9H2,1H3,(H,10,11,12). The van der Waals surface area contributed by atoms with Crippen molar-refractivity contribution in [2.24, 2.45) is 5.73 Å². The summed E-state index contributed by atoms with van der Waals surface area (Å²) in [6.07, 6.45) is 1.48. The first-order valence-electron chi connectivity index (χ1n) is 4.34. The molecule has 0 aliphatic heterocycles. The largest absolute Gasteiger partial charge is 0.365 e. The fourth-order valence-corrected chi connectivity index (χ4v) is 1.19. The zero-order chi connectivity index (χ0) is 9.97.